The third-order valence-corrected chi connectivity index (χ3v) is 4.90. The number of benzene rings is 1. The molecule has 2 aromatic heterocycles. The lowest BCUT2D eigenvalue weighted by molar-refractivity contribution is -0.124. The maximum absolute atomic E-state index is 12.4. The molecule has 0 saturated carbocycles. The van der Waals surface area contributed by atoms with Crippen LogP contribution in [0.15, 0.2) is 41.8 Å². The normalized spacial score (nSPS) is 11.0. The molecule has 136 valence electrons. The van der Waals surface area contributed by atoms with Crippen LogP contribution < -0.4 is 10.6 Å². The molecule has 3 rings (SSSR count). The molecule has 2 amide bonds. The van der Waals surface area contributed by atoms with Gasteiger partial charge in [0.1, 0.15) is 12.4 Å². The number of carbonyl (C=O) groups is 2. The fraction of sp³-hybridized carbons (Fsp3) is 0.316. The molecule has 0 radical (unpaired) electrons. The van der Waals surface area contributed by atoms with Crippen molar-refractivity contribution in [1.82, 2.24) is 20.2 Å². The largest absolute Gasteiger partial charge is 0.350 e. The molecule has 0 fully saturated rings. The Balaban J connectivity index is 1.75. The number of para-hydroxylation sites is 2. The average Bonchev–Trinajstić information content (AvgIpc) is 3.26. The molecule has 0 aliphatic carbocycles. The van der Waals surface area contributed by atoms with E-state index in [1.54, 1.807) is 11.3 Å². The Hall–Kier alpha value is -2.67. The van der Waals surface area contributed by atoms with Crippen molar-refractivity contribution in [2.75, 3.05) is 0 Å². The second-order valence-electron chi connectivity index (χ2n) is 6.33. The van der Waals surface area contributed by atoms with Crippen LogP contribution in [0.4, 0.5) is 0 Å². The van der Waals surface area contributed by atoms with Gasteiger partial charge in [-0.1, -0.05) is 32.0 Å². The number of aromatic nitrogens is 2. The van der Waals surface area contributed by atoms with E-state index in [0.29, 0.717) is 18.9 Å². The van der Waals surface area contributed by atoms with E-state index in [-0.39, 0.29) is 24.3 Å². The summed E-state index contributed by atoms with van der Waals surface area (Å²) in [5, 5.41) is 7.80. The summed E-state index contributed by atoms with van der Waals surface area (Å²) in [6, 6.07) is 11.6. The summed E-state index contributed by atoms with van der Waals surface area (Å²) in [7, 11) is 0. The highest BCUT2D eigenvalue weighted by atomic mass is 32.1. The number of rotatable bonds is 7. The van der Waals surface area contributed by atoms with Crippen molar-refractivity contribution in [1.29, 1.82) is 0 Å². The molecule has 0 aliphatic heterocycles. The third kappa shape index (κ3) is 4.29. The quantitative estimate of drug-likeness (QED) is 0.671. The van der Waals surface area contributed by atoms with Gasteiger partial charge in [0.2, 0.25) is 11.8 Å². The van der Waals surface area contributed by atoms with Crippen LogP contribution in [-0.4, -0.2) is 21.4 Å². The van der Waals surface area contributed by atoms with Crippen molar-refractivity contribution in [2.45, 2.75) is 33.5 Å². The number of thiophene rings is 1. The van der Waals surface area contributed by atoms with Crippen LogP contribution in [-0.2, 0) is 29.2 Å². The number of nitrogens with one attached hydrogen (secondary N) is 2. The van der Waals surface area contributed by atoms with Gasteiger partial charge in [-0.05, 0) is 23.6 Å². The van der Waals surface area contributed by atoms with Gasteiger partial charge in [-0.3, -0.25) is 9.59 Å². The Morgan fingerprint density at radius 2 is 1.92 bits per heavy atom. The number of hydrogen-bond acceptors (Lipinski definition) is 4. The van der Waals surface area contributed by atoms with Crippen molar-refractivity contribution in [3.05, 3.63) is 52.5 Å². The monoisotopic (exact) mass is 370 g/mol. The smallest absolute Gasteiger partial charge is 0.240 e. The van der Waals surface area contributed by atoms with Gasteiger partial charge in [0.25, 0.3) is 0 Å². The van der Waals surface area contributed by atoms with E-state index in [1.807, 2.05) is 60.2 Å². The standard InChI is InChI=1S/C19H22N4O2S/c1-13(2)19(25)21-11-17-22-15-7-3-4-8-16(15)23(17)12-18(24)20-10-14-6-5-9-26-14/h3-9,13H,10-12H2,1-2H3,(H,20,24)(H,21,25). The van der Waals surface area contributed by atoms with Gasteiger partial charge in [0, 0.05) is 10.8 Å². The topological polar surface area (TPSA) is 76.0 Å². The van der Waals surface area contributed by atoms with E-state index in [2.05, 4.69) is 15.6 Å². The van der Waals surface area contributed by atoms with Crippen LogP contribution >= 0.6 is 11.3 Å². The van der Waals surface area contributed by atoms with Crippen LogP contribution in [0.1, 0.15) is 24.5 Å². The molecule has 2 N–H and O–H groups in total. The van der Waals surface area contributed by atoms with E-state index in [4.69, 9.17) is 0 Å². The first kappa shape index (κ1) is 18.1. The fourth-order valence-corrected chi connectivity index (χ4v) is 3.25. The summed E-state index contributed by atoms with van der Waals surface area (Å²) >= 11 is 1.61. The highest BCUT2D eigenvalue weighted by Gasteiger charge is 2.15. The lowest BCUT2D eigenvalue weighted by Gasteiger charge is -2.11. The molecule has 26 heavy (non-hydrogen) atoms. The van der Waals surface area contributed by atoms with Gasteiger partial charge in [-0.15, -0.1) is 11.3 Å². The molecule has 0 saturated heterocycles. The Bertz CT molecular complexity index is 900. The molecule has 3 aromatic rings. The number of carbonyl (C=O) groups excluding carboxylic acids is 2. The van der Waals surface area contributed by atoms with E-state index in [0.717, 1.165) is 15.9 Å². The number of nitrogens with zero attached hydrogens (tertiary/aromatic N) is 2. The zero-order valence-corrected chi connectivity index (χ0v) is 15.7. The predicted molar refractivity (Wildman–Crippen MR) is 103 cm³/mol. The molecule has 2 heterocycles. The highest BCUT2D eigenvalue weighted by molar-refractivity contribution is 7.09. The summed E-state index contributed by atoms with van der Waals surface area (Å²) in [4.78, 5) is 30.0. The van der Waals surface area contributed by atoms with Crippen LogP contribution in [0.3, 0.4) is 0 Å². The molecule has 0 bridgehead atoms. The van der Waals surface area contributed by atoms with Crippen molar-refractivity contribution < 1.29 is 9.59 Å². The van der Waals surface area contributed by atoms with Crippen LogP contribution in [0.5, 0.6) is 0 Å². The van der Waals surface area contributed by atoms with Crippen molar-refractivity contribution in [2.24, 2.45) is 5.92 Å². The minimum atomic E-state index is -0.0954. The molecular weight excluding hydrogens is 348 g/mol. The molecule has 1 aromatic carbocycles. The summed E-state index contributed by atoms with van der Waals surface area (Å²) in [6.45, 7) is 4.66. The molecule has 6 nitrogen and oxygen atoms in total. The maximum Gasteiger partial charge on any atom is 0.240 e. The van der Waals surface area contributed by atoms with Crippen molar-refractivity contribution in [3.63, 3.8) is 0 Å². The fourth-order valence-electron chi connectivity index (χ4n) is 2.61. The van der Waals surface area contributed by atoms with Gasteiger partial charge in [-0.25, -0.2) is 4.98 Å². The first-order valence-corrected chi connectivity index (χ1v) is 9.43. The number of fused-ring (bicyclic) bond motifs is 1. The second-order valence-corrected chi connectivity index (χ2v) is 7.36. The van der Waals surface area contributed by atoms with E-state index in [9.17, 15) is 9.59 Å². The zero-order chi connectivity index (χ0) is 18.5. The Morgan fingerprint density at radius 3 is 2.65 bits per heavy atom. The van der Waals surface area contributed by atoms with Gasteiger partial charge in [0.05, 0.1) is 24.1 Å². The Labute approximate surface area is 156 Å². The molecular formula is C19H22N4O2S. The van der Waals surface area contributed by atoms with E-state index in [1.165, 1.54) is 0 Å². The van der Waals surface area contributed by atoms with Crippen molar-refractivity contribution >= 4 is 34.2 Å². The van der Waals surface area contributed by atoms with Gasteiger partial charge < -0.3 is 15.2 Å². The van der Waals surface area contributed by atoms with Gasteiger partial charge in [0.15, 0.2) is 0 Å². The second kappa shape index (κ2) is 8.14. The highest BCUT2D eigenvalue weighted by Crippen LogP contribution is 2.16. The molecule has 0 unspecified atom stereocenters. The SMILES string of the molecule is CC(C)C(=O)NCc1nc2ccccc2n1CC(=O)NCc1cccs1. The lowest BCUT2D eigenvalue weighted by Crippen LogP contribution is -2.31. The van der Waals surface area contributed by atoms with Crippen LogP contribution in [0, 0.1) is 5.92 Å². The third-order valence-electron chi connectivity index (χ3n) is 4.02. The minimum Gasteiger partial charge on any atom is -0.350 e. The number of imidazole rings is 1. The Morgan fingerprint density at radius 1 is 1.12 bits per heavy atom. The Kier molecular flexibility index (Phi) is 5.68. The minimum absolute atomic E-state index is 0.0363. The zero-order valence-electron chi connectivity index (χ0n) is 14.9. The lowest BCUT2D eigenvalue weighted by atomic mass is 10.2. The van der Waals surface area contributed by atoms with Crippen LogP contribution in [0.2, 0.25) is 0 Å². The van der Waals surface area contributed by atoms with Gasteiger partial charge in [-0.2, -0.15) is 0 Å². The van der Waals surface area contributed by atoms with Gasteiger partial charge >= 0.3 is 0 Å². The van der Waals surface area contributed by atoms with E-state index >= 15 is 0 Å². The first-order valence-electron chi connectivity index (χ1n) is 8.55. The van der Waals surface area contributed by atoms with Crippen LogP contribution in [0.25, 0.3) is 11.0 Å². The predicted octanol–water partition coefficient (Wildman–Crippen LogP) is 2.69. The van der Waals surface area contributed by atoms with Crippen molar-refractivity contribution in [3.8, 4) is 0 Å². The molecule has 0 spiro atoms. The summed E-state index contributed by atoms with van der Waals surface area (Å²) in [5.41, 5.74) is 1.69. The number of amides is 2. The first-order chi connectivity index (χ1) is 12.5. The molecule has 0 atom stereocenters. The number of hydrogen-bond donors (Lipinski definition) is 2. The average molecular weight is 370 g/mol. The molecule has 7 heteroatoms. The summed E-state index contributed by atoms with van der Waals surface area (Å²) in [5.74, 6) is 0.456. The maximum atomic E-state index is 12.4. The summed E-state index contributed by atoms with van der Waals surface area (Å²) < 4.78 is 1.86. The molecule has 0 aliphatic rings. The summed E-state index contributed by atoms with van der Waals surface area (Å²) in [6.07, 6.45) is 0. The van der Waals surface area contributed by atoms with E-state index < -0.39 is 0 Å².